The van der Waals surface area contributed by atoms with Crippen molar-refractivity contribution in [1.29, 1.82) is 0 Å². The van der Waals surface area contributed by atoms with Crippen LogP contribution in [0.4, 0.5) is 0 Å². The number of hydrogen-bond donors (Lipinski definition) is 0. The summed E-state index contributed by atoms with van der Waals surface area (Å²) in [6.07, 6.45) is 2.48. The molecule has 4 nitrogen and oxygen atoms in total. The van der Waals surface area contributed by atoms with Crippen molar-refractivity contribution in [2.45, 2.75) is 36.6 Å². The van der Waals surface area contributed by atoms with Crippen LogP contribution in [0.1, 0.15) is 12.5 Å². The van der Waals surface area contributed by atoms with E-state index in [1.54, 1.807) is 22.5 Å². The zero-order valence-corrected chi connectivity index (χ0v) is 12.1. The highest BCUT2D eigenvalue weighted by atomic mass is 32.2. The number of benzene rings is 1. The summed E-state index contributed by atoms with van der Waals surface area (Å²) < 4.78 is 2.92. The number of fused-ring (bicyclic) bond motifs is 1. The molecule has 1 aromatic carbocycles. The van der Waals surface area contributed by atoms with Gasteiger partial charge in [-0.05, 0) is 25.0 Å². The van der Waals surface area contributed by atoms with Crippen LogP contribution in [-0.2, 0) is 19.5 Å². The zero-order valence-electron chi connectivity index (χ0n) is 11.3. The van der Waals surface area contributed by atoms with Gasteiger partial charge in [-0.25, -0.2) is 4.79 Å². The molecule has 0 radical (unpaired) electrons. The van der Waals surface area contributed by atoms with E-state index < -0.39 is 0 Å². The number of nitrogens with zero attached hydrogens (tertiary/aromatic N) is 2. The highest BCUT2D eigenvalue weighted by molar-refractivity contribution is 8.00. The smallest absolute Gasteiger partial charge is 0.301 e. The van der Waals surface area contributed by atoms with Crippen LogP contribution in [0, 0.1) is 0 Å². The van der Waals surface area contributed by atoms with E-state index in [4.69, 9.17) is 0 Å². The van der Waals surface area contributed by atoms with Gasteiger partial charge in [-0.3, -0.25) is 9.36 Å². The minimum absolute atomic E-state index is 0.212. The summed E-state index contributed by atoms with van der Waals surface area (Å²) in [5.74, 6) is 0. The first kappa shape index (κ1) is 13.2. The summed E-state index contributed by atoms with van der Waals surface area (Å²) in [6.45, 7) is 2.95. The quantitative estimate of drug-likeness (QED) is 0.864. The minimum atomic E-state index is -0.212. The summed E-state index contributed by atoms with van der Waals surface area (Å²) in [4.78, 5) is 25.4. The van der Waals surface area contributed by atoms with Crippen LogP contribution in [0.15, 0.2) is 51.0 Å². The van der Waals surface area contributed by atoms with Gasteiger partial charge in [-0.2, -0.15) is 0 Å². The van der Waals surface area contributed by atoms with Crippen LogP contribution in [0.2, 0.25) is 0 Å². The molecule has 1 unspecified atom stereocenters. The highest BCUT2D eigenvalue weighted by Gasteiger charge is 2.23. The van der Waals surface area contributed by atoms with E-state index in [1.807, 2.05) is 19.1 Å². The third kappa shape index (κ3) is 2.33. The van der Waals surface area contributed by atoms with Crippen LogP contribution in [0.3, 0.4) is 0 Å². The van der Waals surface area contributed by atoms with Crippen molar-refractivity contribution in [3.63, 3.8) is 0 Å². The van der Waals surface area contributed by atoms with E-state index in [9.17, 15) is 9.59 Å². The fourth-order valence-electron chi connectivity index (χ4n) is 2.52. The molecule has 0 saturated carbocycles. The predicted octanol–water partition coefficient (Wildman–Crippen LogP) is 1.75. The number of aryl methyl sites for hydroxylation is 1. The molecular weight excluding hydrogens is 272 g/mol. The fraction of sp³-hybridized carbons (Fsp3) is 0.333. The number of hydrogen-bond acceptors (Lipinski definition) is 3. The van der Waals surface area contributed by atoms with Gasteiger partial charge in [0, 0.05) is 35.5 Å². The van der Waals surface area contributed by atoms with Crippen molar-refractivity contribution >= 4 is 11.8 Å². The minimum Gasteiger partial charge on any atom is -0.301 e. The molecule has 2 aromatic rings. The average Bonchev–Trinajstić information content (AvgIpc) is 2.86. The normalized spacial score (nSPS) is 17.1. The van der Waals surface area contributed by atoms with E-state index in [0.717, 1.165) is 6.42 Å². The van der Waals surface area contributed by atoms with Crippen molar-refractivity contribution in [2.24, 2.45) is 0 Å². The average molecular weight is 288 g/mol. The zero-order chi connectivity index (χ0) is 14.1. The van der Waals surface area contributed by atoms with Gasteiger partial charge in [-0.1, -0.05) is 18.2 Å². The van der Waals surface area contributed by atoms with Gasteiger partial charge in [0.05, 0.1) is 0 Å². The Bertz CT molecular complexity index is 723. The summed E-state index contributed by atoms with van der Waals surface area (Å²) in [5, 5.41) is 0.255. The third-order valence-electron chi connectivity index (χ3n) is 3.58. The molecule has 0 amide bonds. The summed E-state index contributed by atoms with van der Waals surface area (Å²) >= 11 is 1.75. The molecule has 0 aliphatic carbocycles. The van der Waals surface area contributed by atoms with Crippen molar-refractivity contribution in [3.8, 4) is 0 Å². The van der Waals surface area contributed by atoms with Gasteiger partial charge in [0.25, 0.3) is 5.56 Å². The second-order valence-electron chi connectivity index (χ2n) is 4.88. The van der Waals surface area contributed by atoms with Crippen LogP contribution >= 0.6 is 11.8 Å². The molecule has 1 atom stereocenters. The van der Waals surface area contributed by atoms with Gasteiger partial charge < -0.3 is 4.57 Å². The summed E-state index contributed by atoms with van der Waals surface area (Å²) in [6, 6.07) is 9.73. The van der Waals surface area contributed by atoms with Gasteiger partial charge >= 0.3 is 5.69 Å². The van der Waals surface area contributed by atoms with Crippen LogP contribution in [-0.4, -0.2) is 14.4 Å². The number of thioether (sulfide) groups is 1. The molecule has 20 heavy (non-hydrogen) atoms. The lowest BCUT2D eigenvalue weighted by Gasteiger charge is -2.12. The molecule has 0 saturated heterocycles. The van der Waals surface area contributed by atoms with Gasteiger partial charge in [0.2, 0.25) is 0 Å². The largest absolute Gasteiger partial charge is 0.330 e. The van der Waals surface area contributed by atoms with E-state index in [1.165, 1.54) is 21.1 Å². The number of rotatable bonds is 3. The van der Waals surface area contributed by atoms with Crippen molar-refractivity contribution in [1.82, 2.24) is 9.13 Å². The van der Waals surface area contributed by atoms with Crippen molar-refractivity contribution in [2.75, 3.05) is 0 Å². The standard InChI is InChI=1S/C15H16N2O2S/c1-2-16-8-7-14(18)17(15(16)19)10-12-9-11-5-3-4-6-13(11)20-12/h3-8,12H,2,9-10H2,1H3. The second kappa shape index (κ2) is 5.32. The van der Waals surface area contributed by atoms with Crippen LogP contribution in [0.25, 0.3) is 0 Å². The van der Waals surface area contributed by atoms with Gasteiger partial charge in [0.15, 0.2) is 0 Å². The molecule has 0 N–H and O–H groups in total. The molecule has 104 valence electrons. The molecule has 0 spiro atoms. The molecule has 1 aromatic heterocycles. The molecule has 2 heterocycles. The predicted molar refractivity (Wildman–Crippen MR) is 80.4 cm³/mol. The lowest BCUT2D eigenvalue weighted by molar-refractivity contribution is 0.554. The highest BCUT2D eigenvalue weighted by Crippen LogP contribution is 2.37. The molecule has 0 bridgehead atoms. The topological polar surface area (TPSA) is 44.0 Å². The Morgan fingerprint density at radius 3 is 2.80 bits per heavy atom. The first-order valence-corrected chi connectivity index (χ1v) is 7.62. The summed E-state index contributed by atoms with van der Waals surface area (Å²) in [5.41, 5.74) is 0.884. The van der Waals surface area contributed by atoms with E-state index in [0.29, 0.717) is 13.1 Å². The Morgan fingerprint density at radius 2 is 2.05 bits per heavy atom. The first-order valence-electron chi connectivity index (χ1n) is 6.74. The van der Waals surface area contributed by atoms with Crippen LogP contribution < -0.4 is 11.2 Å². The van der Waals surface area contributed by atoms with E-state index >= 15 is 0 Å². The maximum absolute atomic E-state index is 12.2. The molecule has 3 rings (SSSR count). The third-order valence-corrected chi connectivity index (χ3v) is 4.88. The molecule has 1 aliphatic rings. The van der Waals surface area contributed by atoms with Crippen molar-refractivity contribution in [3.05, 3.63) is 62.9 Å². The van der Waals surface area contributed by atoms with Crippen LogP contribution in [0.5, 0.6) is 0 Å². The van der Waals surface area contributed by atoms with Gasteiger partial charge in [0.1, 0.15) is 0 Å². The molecule has 1 aliphatic heterocycles. The maximum atomic E-state index is 12.2. The lowest BCUT2D eigenvalue weighted by Crippen LogP contribution is -2.40. The molecule has 5 heteroatoms. The maximum Gasteiger partial charge on any atom is 0.330 e. The number of aromatic nitrogens is 2. The molecular formula is C15H16N2O2S. The van der Waals surface area contributed by atoms with E-state index in [2.05, 4.69) is 12.1 Å². The first-order chi connectivity index (χ1) is 9.69. The van der Waals surface area contributed by atoms with Gasteiger partial charge in [-0.15, -0.1) is 11.8 Å². The second-order valence-corrected chi connectivity index (χ2v) is 6.23. The Balaban J connectivity index is 1.88. The Morgan fingerprint density at radius 1 is 1.25 bits per heavy atom. The Kier molecular flexibility index (Phi) is 3.53. The SMILES string of the molecule is CCn1ccc(=O)n(CC2Cc3ccccc3S2)c1=O. The molecule has 0 fully saturated rings. The Hall–Kier alpha value is -1.75. The summed E-state index contributed by atoms with van der Waals surface area (Å²) in [7, 11) is 0. The fourth-order valence-corrected chi connectivity index (χ4v) is 3.83. The van der Waals surface area contributed by atoms with Crippen molar-refractivity contribution < 1.29 is 0 Å². The van der Waals surface area contributed by atoms with E-state index in [-0.39, 0.29) is 16.5 Å². The monoisotopic (exact) mass is 288 g/mol. The Labute approximate surface area is 121 Å². The lowest BCUT2D eigenvalue weighted by atomic mass is 10.1.